The van der Waals surface area contributed by atoms with Crippen molar-refractivity contribution in [3.63, 3.8) is 0 Å². The molecule has 0 N–H and O–H groups in total. The highest BCUT2D eigenvalue weighted by atomic mass is 32.2. The molecule has 0 aliphatic carbocycles. The maximum absolute atomic E-state index is 13.5. The summed E-state index contributed by atoms with van der Waals surface area (Å²) < 4.78 is 31.0. The topological polar surface area (TPSA) is 44.8 Å². The second-order valence-corrected chi connectivity index (χ2v) is 19.7. The zero-order chi connectivity index (χ0) is 36.3. The predicted molar refractivity (Wildman–Crippen MR) is 233 cm³/mol. The molecule has 50 heavy (non-hydrogen) atoms. The number of thioether (sulfide) groups is 3. The first kappa shape index (κ1) is 51.2. The molecule has 4 nitrogen and oxygen atoms in total. The van der Waals surface area contributed by atoms with Crippen LogP contribution in [0.15, 0.2) is 0 Å². The molecule has 8 heteroatoms. The van der Waals surface area contributed by atoms with Crippen molar-refractivity contribution < 1.29 is 18.1 Å². The molecule has 0 saturated heterocycles. The second-order valence-electron chi connectivity index (χ2n) is 14.3. The largest absolute Gasteiger partial charge is 0.474 e. The van der Waals surface area contributed by atoms with Crippen LogP contribution in [0.25, 0.3) is 0 Å². The average Bonchev–Trinajstić information content (AvgIpc) is 3.12. The molecule has 0 fully saturated rings. The number of phosphoric ester groups is 1. The van der Waals surface area contributed by atoms with Gasteiger partial charge in [-0.3, -0.25) is 13.6 Å². The first-order valence-corrected chi connectivity index (χ1v) is 26.9. The SMILES string of the molecule is CCCCCCCCCCCCSCCOP(=O)(OCCSCCCCCCCCCCCC)OCCSCCCCCCCCCCCC. The molecular weight excluding hydrogens is 696 g/mol. The molecule has 0 aliphatic heterocycles. The van der Waals surface area contributed by atoms with Gasteiger partial charge in [0.25, 0.3) is 0 Å². The minimum Gasteiger partial charge on any atom is -0.286 e. The van der Waals surface area contributed by atoms with Crippen LogP contribution in [0.4, 0.5) is 0 Å². The van der Waals surface area contributed by atoms with E-state index in [1.54, 1.807) is 0 Å². The lowest BCUT2D eigenvalue weighted by molar-refractivity contribution is 0.129. The van der Waals surface area contributed by atoms with Crippen molar-refractivity contribution in [2.75, 3.05) is 54.3 Å². The molecule has 0 aromatic heterocycles. The number of unbranched alkanes of at least 4 members (excludes halogenated alkanes) is 27. The Labute approximate surface area is 327 Å². The molecule has 0 aromatic carbocycles. The first-order valence-electron chi connectivity index (χ1n) is 21.9. The van der Waals surface area contributed by atoms with Gasteiger partial charge in [-0.05, 0) is 36.5 Å². The molecule has 0 radical (unpaired) electrons. The fraction of sp³-hybridized carbons (Fsp3) is 1.00. The van der Waals surface area contributed by atoms with Gasteiger partial charge in [-0.25, -0.2) is 4.57 Å². The average molecular weight is 783 g/mol. The third-order valence-corrected chi connectivity index (χ3v) is 14.0. The Balaban J connectivity index is 4.08. The van der Waals surface area contributed by atoms with Crippen LogP contribution in [-0.2, 0) is 18.1 Å². The summed E-state index contributed by atoms with van der Waals surface area (Å²) >= 11 is 5.71. The Kier molecular flexibility index (Phi) is 45.6. The van der Waals surface area contributed by atoms with E-state index in [9.17, 15) is 4.57 Å². The molecule has 0 aromatic rings. The van der Waals surface area contributed by atoms with E-state index in [-0.39, 0.29) is 0 Å². The van der Waals surface area contributed by atoms with Gasteiger partial charge in [0.2, 0.25) is 0 Å². The third kappa shape index (κ3) is 41.9. The number of rotatable bonds is 45. The molecule has 0 heterocycles. The lowest BCUT2D eigenvalue weighted by Crippen LogP contribution is -2.07. The Morgan fingerprint density at radius 1 is 0.300 bits per heavy atom. The van der Waals surface area contributed by atoms with E-state index in [1.165, 1.54) is 193 Å². The van der Waals surface area contributed by atoms with Crippen LogP contribution < -0.4 is 0 Å². The minimum absolute atomic E-state index is 0.428. The van der Waals surface area contributed by atoms with E-state index in [4.69, 9.17) is 13.6 Å². The summed E-state index contributed by atoms with van der Waals surface area (Å²) in [5.41, 5.74) is 0. The van der Waals surface area contributed by atoms with Gasteiger partial charge in [0.1, 0.15) is 0 Å². The fourth-order valence-corrected chi connectivity index (χ4v) is 10.1. The molecule has 0 aliphatic rings. The predicted octanol–water partition coefficient (Wildman–Crippen LogP) is 16.1. The highest BCUT2D eigenvalue weighted by molar-refractivity contribution is 7.99. The summed E-state index contributed by atoms with van der Waals surface area (Å²) in [5, 5.41) is 0. The van der Waals surface area contributed by atoms with Gasteiger partial charge in [0, 0.05) is 17.3 Å². The maximum atomic E-state index is 13.5. The molecular formula is C42H87O4PS3. The highest BCUT2D eigenvalue weighted by Crippen LogP contribution is 2.49. The van der Waals surface area contributed by atoms with Crippen molar-refractivity contribution in [3.8, 4) is 0 Å². The lowest BCUT2D eigenvalue weighted by Gasteiger charge is -2.18. The van der Waals surface area contributed by atoms with Gasteiger partial charge < -0.3 is 0 Å². The molecule has 302 valence electrons. The van der Waals surface area contributed by atoms with E-state index in [0.29, 0.717) is 19.8 Å². The van der Waals surface area contributed by atoms with Crippen LogP contribution in [0.3, 0.4) is 0 Å². The van der Waals surface area contributed by atoms with Crippen molar-refractivity contribution >= 4 is 43.1 Å². The fourth-order valence-electron chi connectivity index (χ4n) is 6.12. The van der Waals surface area contributed by atoms with E-state index in [0.717, 1.165) is 34.5 Å². The molecule has 0 saturated carbocycles. The van der Waals surface area contributed by atoms with Gasteiger partial charge in [0.15, 0.2) is 0 Å². The highest BCUT2D eigenvalue weighted by Gasteiger charge is 2.26. The van der Waals surface area contributed by atoms with Gasteiger partial charge in [-0.2, -0.15) is 35.3 Å². The van der Waals surface area contributed by atoms with Crippen LogP contribution in [0.1, 0.15) is 213 Å². The molecule has 0 bridgehead atoms. The van der Waals surface area contributed by atoms with Crippen LogP contribution in [0.2, 0.25) is 0 Å². The van der Waals surface area contributed by atoms with Crippen molar-refractivity contribution in [2.45, 2.75) is 213 Å². The van der Waals surface area contributed by atoms with Crippen molar-refractivity contribution in [3.05, 3.63) is 0 Å². The van der Waals surface area contributed by atoms with Crippen molar-refractivity contribution in [1.29, 1.82) is 0 Å². The number of hydrogen-bond donors (Lipinski definition) is 0. The van der Waals surface area contributed by atoms with Gasteiger partial charge in [-0.15, -0.1) is 0 Å². The van der Waals surface area contributed by atoms with Crippen LogP contribution in [0, 0.1) is 0 Å². The monoisotopic (exact) mass is 783 g/mol. The normalized spacial score (nSPS) is 12.0. The van der Waals surface area contributed by atoms with Gasteiger partial charge >= 0.3 is 7.82 Å². The summed E-state index contributed by atoms with van der Waals surface area (Å²) in [5.74, 6) is 5.98. The minimum atomic E-state index is -3.51. The second kappa shape index (κ2) is 44.6. The van der Waals surface area contributed by atoms with E-state index in [1.807, 2.05) is 35.3 Å². The smallest absolute Gasteiger partial charge is 0.286 e. The Morgan fingerprint density at radius 2 is 0.500 bits per heavy atom. The lowest BCUT2D eigenvalue weighted by atomic mass is 10.1. The van der Waals surface area contributed by atoms with Crippen molar-refractivity contribution in [1.82, 2.24) is 0 Å². The Morgan fingerprint density at radius 3 is 0.720 bits per heavy atom. The van der Waals surface area contributed by atoms with Crippen LogP contribution in [-0.4, -0.2) is 54.3 Å². The molecule has 0 rings (SSSR count). The Hall–Kier alpha value is 1.16. The van der Waals surface area contributed by atoms with E-state index >= 15 is 0 Å². The summed E-state index contributed by atoms with van der Waals surface area (Å²) in [6.45, 7) is 8.13. The number of phosphoric acid groups is 1. The van der Waals surface area contributed by atoms with Gasteiger partial charge in [-0.1, -0.05) is 194 Å². The van der Waals surface area contributed by atoms with Crippen LogP contribution >= 0.6 is 43.1 Å². The summed E-state index contributed by atoms with van der Waals surface area (Å²) in [6, 6.07) is 0. The molecule has 0 atom stereocenters. The zero-order valence-corrected chi connectivity index (χ0v) is 37.2. The van der Waals surface area contributed by atoms with Crippen molar-refractivity contribution in [2.24, 2.45) is 0 Å². The zero-order valence-electron chi connectivity index (χ0n) is 33.9. The number of hydrogen-bond acceptors (Lipinski definition) is 7. The molecule has 0 unspecified atom stereocenters. The maximum Gasteiger partial charge on any atom is 0.474 e. The standard InChI is InChI=1S/C42H87O4PS3/c1-4-7-10-13-16-19-22-25-28-31-37-48-40-34-44-47(43,45-35-41-49-38-32-29-26-23-20-17-14-11-8-5-2)46-36-42-50-39-33-30-27-24-21-18-15-12-9-6-3/h4-42H2,1-3H3. The molecule has 0 spiro atoms. The quantitative estimate of drug-likeness (QED) is 0.0450. The first-order chi connectivity index (χ1) is 24.7. The summed E-state index contributed by atoms with van der Waals surface area (Å²) in [6.07, 6.45) is 41.0. The van der Waals surface area contributed by atoms with Crippen LogP contribution in [0.5, 0.6) is 0 Å². The Bertz CT molecular complexity index is 587. The summed E-state index contributed by atoms with van der Waals surface area (Å²) in [4.78, 5) is 0. The van der Waals surface area contributed by atoms with E-state index < -0.39 is 7.82 Å². The van der Waals surface area contributed by atoms with E-state index in [2.05, 4.69) is 20.8 Å². The third-order valence-electron chi connectivity index (χ3n) is 9.36. The van der Waals surface area contributed by atoms with Gasteiger partial charge in [0.05, 0.1) is 19.8 Å². The molecule has 0 amide bonds. The summed E-state index contributed by atoms with van der Waals surface area (Å²) in [7, 11) is -3.51.